The van der Waals surface area contributed by atoms with Gasteiger partial charge in [0.15, 0.2) is 5.11 Å². The van der Waals surface area contributed by atoms with Crippen LogP contribution in [0.5, 0.6) is 5.88 Å². The van der Waals surface area contributed by atoms with E-state index in [0.717, 1.165) is 50.2 Å². The highest BCUT2D eigenvalue weighted by atomic mass is 32.1. The van der Waals surface area contributed by atoms with Crippen LogP contribution >= 0.6 is 12.2 Å². The standard InChI is InChI=1S/C23H30FN5O2S/c1-30-20-15-19(29-11-13-31-14-12-29)26-21(27-20)28-22(32)25-16-23(9-3-2-4-10-23)17-5-7-18(24)8-6-17/h5-8,15H,2-4,9-14,16H2,1H3,(H2,25,26,27,28,32). The Morgan fingerprint density at radius 2 is 1.88 bits per heavy atom. The second kappa shape index (κ2) is 10.4. The zero-order valence-electron chi connectivity index (χ0n) is 18.4. The minimum Gasteiger partial charge on any atom is -0.481 e. The van der Waals surface area contributed by atoms with Crippen molar-refractivity contribution in [2.45, 2.75) is 37.5 Å². The van der Waals surface area contributed by atoms with Crippen molar-refractivity contribution in [2.75, 3.05) is 50.2 Å². The average Bonchev–Trinajstić information content (AvgIpc) is 2.84. The van der Waals surface area contributed by atoms with Gasteiger partial charge in [0.05, 0.1) is 20.3 Å². The number of benzene rings is 1. The lowest BCUT2D eigenvalue weighted by Crippen LogP contribution is -2.43. The van der Waals surface area contributed by atoms with Crippen molar-refractivity contribution in [2.24, 2.45) is 0 Å². The molecule has 1 saturated heterocycles. The number of anilines is 2. The molecule has 172 valence electrons. The van der Waals surface area contributed by atoms with Crippen LogP contribution in [0.25, 0.3) is 0 Å². The van der Waals surface area contributed by atoms with Crippen LogP contribution < -0.4 is 20.3 Å². The number of hydrogen-bond donors (Lipinski definition) is 2. The van der Waals surface area contributed by atoms with E-state index in [0.29, 0.717) is 36.7 Å². The summed E-state index contributed by atoms with van der Waals surface area (Å²) in [4.78, 5) is 11.2. The summed E-state index contributed by atoms with van der Waals surface area (Å²) >= 11 is 5.57. The maximum absolute atomic E-state index is 13.5. The van der Waals surface area contributed by atoms with Gasteiger partial charge in [0.2, 0.25) is 11.8 Å². The Morgan fingerprint density at radius 1 is 1.16 bits per heavy atom. The molecule has 7 nitrogen and oxygen atoms in total. The number of methoxy groups -OCH3 is 1. The number of ether oxygens (including phenoxy) is 2. The van der Waals surface area contributed by atoms with E-state index in [-0.39, 0.29) is 11.2 Å². The van der Waals surface area contributed by atoms with Gasteiger partial charge in [0.25, 0.3) is 0 Å². The van der Waals surface area contributed by atoms with Crippen LogP contribution in [-0.2, 0) is 10.2 Å². The van der Waals surface area contributed by atoms with Crippen molar-refractivity contribution >= 4 is 29.1 Å². The highest BCUT2D eigenvalue weighted by Crippen LogP contribution is 2.39. The molecule has 4 rings (SSSR count). The molecule has 2 heterocycles. The number of aromatic nitrogens is 2. The third-order valence-corrected chi connectivity index (χ3v) is 6.56. The summed E-state index contributed by atoms with van der Waals surface area (Å²) in [6.45, 7) is 3.54. The Kier molecular flexibility index (Phi) is 7.36. The van der Waals surface area contributed by atoms with E-state index in [1.807, 2.05) is 18.2 Å². The molecule has 2 aliphatic rings. The van der Waals surface area contributed by atoms with Gasteiger partial charge in [-0.25, -0.2) is 4.39 Å². The number of thiocarbonyl (C=S) groups is 1. The number of rotatable bonds is 6. The summed E-state index contributed by atoms with van der Waals surface area (Å²) < 4.78 is 24.3. The molecule has 0 radical (unpaired) electrons. The summed E-state index contributed by atoms with van der Waals surface area (Å²) in [5.74, 6) is 1.43. The Morgan fingerprint density at radius 3 is 2.56 bits per heavy atom. The summed E-state index contributed by atoms with van der Waals surface area (Å²) in [6.07, 6.45) is 5.63. The number of nitrogens with zero attached hydrogens (tertiary/aromatic N) is 3. The highest BCUT2D eigenvalue weighted by molar-refractivity contribution is 7.80. The molecule has 0 spiro atoms. The third-order valence-electron chi connectivity index (χ3n) is 6.31. The van der Waals surface area contributed by atoms with E-state index in [4.69, 9.17) is 21.7 Å². The summed E-state index contributed by atoms with van der Waals surface area (Å²) in [7, 11) is 1.58. The van der Waals surface area contributed by atoms with Gasteiger partial charge in [-0.05, 0) is 42.8 Å². The lowest BCUT2D eigenvalue weighted by Gasteiger charge is -2.38. The fraction of sp³-hybridized carbons (Fsp3) is 0.522. The first-order valence-electron chi connectivity index (χ1n) is 11.1. The van der Waals surface area contributed by atoms with Crippen LogP contribution in [-0.4, -0.2) is 55.0 Å². The first-order chi connectivity index (χ1) is 15.6. The predicted molar refractivity (Wildman–Crippen MR) is 127 cm³/mol. The van der Waals surface area contributed by atoms with Crippen molar-refractivity contribution < 1.29 is 13.9 Å². The lowest BCUT2D eigenvalue weighted by molar-refractivity contribution is 0.122. The molecule has 2 fully saturated rings. The van der Waals surface area contributed by atoms with E-state index >= 15 is 0 Å². The molecule has 0 unspecified atom stereocenters. The Labute approximate surface area is 193 Å². The van der Waals surface area contributed by atoms with Crippen LogP contribution in [0.1, 0.15) is 37.7 Å². The van der Waals surface area contributed by atoms with Crippen molar-refractivity contribution in [3.8, 4) is 5.88 Å². The largest absolute Gasteiger partial charge is 0.481 e. The lowest BCUT2D eigenvalue weighted by atomic mass is 9.69. The summed E-state index contributed by atoms with van der Waals surface area (Å²) in [5.41, 5.74) is 1.09. The first-order valence-corrected chi connectivity index (χ1v) is 11.6. The summed E-state index contributed by atoms with van der Waals surface area (Å²) in [5, 5.41) is 6.93. The molecule has 1 aliphatic carbocycles. The number of morpholine rings is 1. The van der Waals surface area contributed by atoms with Crippen LogP contribution in [0.3, 0.4) is 0 Å². The monoisotopic (exact) mass is 459 g/mol. The van der Waals surface area contributed by atoms with Crippen LogP contribution in [0.15, 0.2) is 30.3 Å². The third kappa shape index (κ3) is 5.45. The first kappa shape index (κ1) is 22.7. The molecule has 1 saturated carbocycles. The van der Waals surface area contributed by atoms with Gasteiger partial charge < -0.3 is 25.0 Å². The van der Waals surface area contributed by atoms with Crippen LogP contribution in [0, 0.1) is 5.82 Å². The van der Waals surface area contributed by atoms with E-state index in [1.165, 1.54) is 6.42 Å². The number of nitrogens with one attached hydrogen (secondary N) is 2. The molecule has 2 N–H and O–H groups in total. The van der Waals surface area contributed by atoms with Crippen molar-refractivity contribution in [1.82, 2.24) is 15.3 Å². The second-order valence-corrected chi connectivity index (χ2v) is 8.76. The number of hydrogen-bond acceptors (Lipinski definition) is 6. The maximum atomic E-state index is 13.5. The van der Waals surface area contributed by atoms with Gasteiger partial charge in [-0.2, -0.15) is 9.97 Å². The molecule has 0 bridgehead atoms. The van der Waals surface area contributed by atoms with E-state index in [9.17, 15) is 4.39 Å². The van der Waals surface area contributed by atoms with Gasteiger partial charge in [0, 0.05) is 31.1 Å². The van der Waals surface area contributed by atoms with Gasteiger partial charge in [-0.15, -0.1) is 0 Å². The van der Waals surface area contributed by atoms with E-state index < -0.39 is 0 Å². The smallest absolute Gasteiger partial charge is 0.234 e. The van der Waals surface area contributed by atoms with Crippen molar-refractivity contribution in [1.29, 1.82) is 0 Å². The minimum absolute atomic E-state index is 0.0636. The van der Waals surface area contributed by atoms with E-state index in [1.54, 1.807) is 19.2 Å². The van der Waals surface area contributed by atoms with Crippen LogP contribution in [0.2, 0.25) is 0 Å². The molecule has 0 atom stereocenters. The number of halogens is 1. The highest BCUT2D eigenvalue weighted by Gasteiger charge is 2.34. The molecular weight excluding hydrogens is 429 g/mol. The molecule has 1 aromatic carbocycles. The van der Waals surface area contributed by atoms with Gasteiger partial charge in [0.1, 0.15) is 11.6 Å². The average molecular weight is 460 g/mol. The Balaban J connectivity index is 1.45. The van der Waals surface area contributed by atoms with Gasteiger partial charge >= 0.3 is 0 Å². The predicted octanol–water partition coefficient (Wildman–Crippen LogP) is 3.65. The normalized spacial score (nSPS) is 18.1. The van der Waals surface area contributed by atoms with Crippen molar-refractivity contribution in [3.05, 3.63) is 41.7 Å². The second-order valence-electron chi connectivity index (χ2n) is 8.35. The van der Waals surface area contributed by atoms with E-state index in [2.05, 4.69) is 25.5 Å². The fourth-order valence-electron chi connectivity index (χ4n) is 4.52. The summed E-state index contributed by atoms with van der Waals surface area (Å²) in [6, 6.07) is 8.70. The molecule has 2 aromatic rings. The van der Waals surface area contributed by atoms with Crippen LogP contribution in [0.4, 0.5) is 16.2 Å². The molecule has 32 heavy (non-hydrogen) atoms. The Hall–Kier alpha value is -2.52. The molecule has 0 amide bonds. The quantitative estimate of drug-likeness (QED) is 0.635. The van der Waals surface area contributed by atoms with Crippen molar-refractivity contribution in [3.63, 3.8) is 0 Å². The SMILES string of the molecule is COc1cc(N2CCOCC2)nc(NC(=S)NCC2(c3ccc(F)cc3)CCCCC2)n1. The Bertz CT molecular complexity index is 915. The van der Waals surface area contributed by atoms with Gasteiger partial charge in [-0.3, -0.25) is 0 Å². The fourth-order valence-corrected chi connectivity index (χ4v) is 4.69. The molecule has 1 aromatic heterocycles. The molecule has 1 aliphatic heterocycles. The zero-order chi connectivity index (χ0) is 22.4. The molecule has 9 heteroatoms. The minimum atomic E-state index is -0.212. The van der Waals surface area contributed by atoms with Gasteiger partial charge in [-0.1, -0.05) is 31.4 Å². The topological polar surface area (TPSA) is 71.5 Å². The zero-order valence-corrected chi connectivity index (χ0v) is 19.2. The maximum Gasteiger partial charge on any atom is 0.234 e. The molecular formula is C23H30FN5O2S.